The molecule has 0 aliphatic carbocycles. The van der Waals surface area contributed by atoms with E-state index in [1.807, 2.05) is 20.8 Å². The molecule has 6 heteroatoms. The van der Waals surface area contributed by atoms with Crippen molar-refractivity contribution in [2.75, 3.05) is 19.8 Å². The van der Waals surface area contributed by atoms with Gasteiger partial charge in [0.1, 0.15) is 6.61 Å². The van der Waals surface area contributed by atoms with Crippen LogP contribution in [0.1, 0.15) is 38.8 Å². The molecule has 0 spiro atoms. The average molecular weight is 230 g/mol. The van der Waals surface area contributed by atoms with Crippen LogP contribution in [0.2, 0.25) is 0 Å². The van der Waals surface area contributed by atoms with Crippen LogP contribution < -0.4 is 0 Å². The highest BCUT2D eigenvalue weighted by atomic mass is 16.7. The Balaban J connectivity index is 2.58. The predicted molar refractivity (Wildman–Crippen MR) is 55.6 cm³/mol. The molecule has 0 saturated carbocycles. The van der Waals surface area contributed by atoms with E-state index in [0.29, 0.717) is 38.1 Å². The third-order valence-corrected chi connectivity index (χ3v) is 1.76. The van der Waals surface area contributed by atoms with Gasteiger partial charge in [0, 0.05) is 19.8 Å². The summed E-state index contributed by atoms with van der Waals surface area (Å²) in [5.74, 6) is 0.833. The van der Waals surface area contributed by atoms with Crippen LogP contribution in [-0.2, 0) is 20.8 Å². The zero-order valence-electron chi connectivity index (χ0n) is 9.93. The first-order valence-electron chi connectivity index (χ1n) is 5.45. The fraction of sp³-hybridized carbons (Fsp3) is 0.800. The monoisotopic (exact) mass is 230 g/mol. The molecule has 0 aliphatic rings. The molecule has 1 rings (SSSR count). The van der Waals surface area contributed by atoms with Crippen molar-refractivity contribution < 1.29 is 18.7 Å². The van der Waals surface area contributed by atoms with E-state index in [1.54, 1.807) is 0 Å². The Morgan fingerprint density at radius 3 is 2.38 bits per heavy atom. The van der Waals surface area contributed by atoms with E-state index in [1.165, 1.54) is 0 Å². The SMILES string of the molecule is CCOCc1noc(C(OCC)OCC)n1. The maximum atomic E-state index is 5.33. The van der Waals surface area contributed by atoms with Gasteiger partial charge in [0.2, 0.25) is 6.29 Å². The third kappa shape index (κ3) is 3.88. The van der Waals surface area contributed by atoms with Gasteiger partial charge >= 0.3 is 0 Å². The first-order chi connectivity index (χ1) is 7.81. The lowest BCUT2D eigenvalue weighted by atomic mass is 10.6. The molecule has 1 heterocycles. The third-order valence-electron chi connectivity index (χ3n) is 1.76. The molecule has 0 bridgehead atoms. The van der Waals surface area contributed by atoms with Crippen molar-refractivity contribution in [3.8, 4) is 0 Å². The van der Waals surface area contributed by atoms with Gasteiger partial charge in [-0.3, -0.25) is 0 Å². The van der Waals surface area contributed by atoms with Crippen LogP contribution >= 0.6 is 0 Å². The van der Waals surface area contributed by atoms with Crippen molar-refractivity contribution in [2.45, 2.75) is 33.7 Å². The highest BCUT2D eigenvalue weighted by Crippen LogP contribution is 2.16. The standard InChI is InChI=1S/C10H18N2O4/c1-4-13-7-8-11-9(16-12-8)10(14-5-2)15-6-3/h10H,4-7H2,1-3H3. The van der Waals surface area contributed by atoms with Gasteiger partial charge in [0.15, 0.2) is 5.82 Å². The highest BCUT2D eigenvalue weighted by Gasteiger charge is 2.19. The Morgan fingerprint density at radius 2 is 1.81 bits per heavy atom. The van der Waals surface area contributed by atoms with Crippen LogP contribution in [-0.4, -0.2) is 30.0 Å². The molecule has 0 atom stereocenters. The molecule has 1 aromatic rings. The van der Waals surface area contributed by atoms with E-state index in [4.69, 9.17) is 18.7 Å². The average Bonchev–Trinajstić information content (AvgIpc) is 2.74. The summed E-state index contributed by atoms with van der Waals surface area (Å²) in [5, 5.41) is 3.77. The van der Waals surface area contributed by atoms with Gasteiger partial charge in [0.25, 0.3) is 5.89 Å². The molecule has 0 fully saturated rings. The van der Waals surface area contributed by atoms with Gasteiger partial charge < -0.3 is 18.7 Å². The molecule has 16 heavy (non-hydrogen) atoms. The van der Waals surface area contributed by atoms with E-state index < -0.39 is 6.29 Å². The van der Waals surface area contributed by atoms with Gasteiger partial charge in [-0.2, -0.15) is 4.98 Å². The lowest BCUT2D eigenvalue weighted by Gasteiger charge is -2.11. The fourth-order valence-corrected chi connectivity index (χ4v) is 1.11. The minimum atomic E-state index is -0.585. The number of hydrogen-bond acceptors (Lipinski definition) is 6. The van der Waals surface area contributed by atoms with Crippen molar-refractivity contribution >= 4 is 0 Å². The summed E-state index contributed by atoms with van der Waals surface area (Å²) < 4.78 is 20.9. The molecule has 0 amide bonds. The zero-order chi connectivity index (χ0) is 11.8. The summed E-state index contributed by atoms with van der Waals surface area (Å²) in [6.07, 6.45) is -0.585. The largest absolute Gasteiger partial charge is 0.374 e. The number of hydrogen-bond donors (Lipinski definition) is 0. The second kappa shape index (κ2) is 7.32. The van der Waals surface area contributed by atoms with Crippen molar-refractivity contribution in [3.63, 3.8) is 0 Å². The van der Waals surface area contributed by atoms with E-state index in [-0.39, 0.29) is 0 Å². The molecule has 92 valence electrons. The van der Waals surface area contributed by atoms with Crippen LogP contribution in [0.25, 0.3) is 0 Å². The molecule has 0 radical (unpaired) electrons. The maximum Gasteiger partial charge on any atom is 0.283 e. The predicted octanol–water partition coefficient (Wildman–Crippen LogP) is 1.68. The molecule has 0 N–H and O–H groups in total. The van der Waals surface area contributed by atoms with E-state index >= 15 is 0 Å². The molecular formula is C10H18N2O4. The second-order valence-electron chi connectivity index (χ2n) is 2.93. The first kappa shape index (κ1) is 13.1. The van der Waals surface area contributed by atoms with Gasteiger partial charge in [0.05, 0.1) is 0 Å². The summed E-state index contributed by atoms with van der Waals surface area (Å²) in [7, 11) is 0. The topological polar surface area (TPSA) is 66.6 Å². The van der Waals surface area contributed by atoms with Crippen molar-refractivity contribution in [1.29, 1.82) is 0 Å². The van der Waals surface area contributed by atoms with Crippen LogP contribution in [0.4, 0.5) is 0 Å². The molecule has 1 aromatic heterocycles. The number of ether oxygens (including phenoxy) is 3. The molecule has 6 nitrogen and oxygen atoms in total. The van der Waals surface area contributed by atoms with Gasteiger partial charge in [-0.1, -0.05) is 5.16 Å². The second-order valence-corrected chi connectivity index (χ2v) is 2.93. The van der Waals surface area contributed by atoms with E-state index in [2.05, 4.69) is 10.1 Å². The minimum absolute atomic E-state index is 0.332. The summed E-state index contributed by atoms with van der Waals surface area (Å²) in [6.45, 7) is 7.66. The number of aromatic nitrogens is 2. The van der Waals surface area contributed by atoms with Crippen LogP contribution in [0.15, 0.2) is 4.52 Å². The summed E-state index contributed by atoms with van der Waals surface area (Å²) in [5.41, 5.74) is 0. The number of rotatable bonds is 8. The Kier molecular flexibility index (Phi) is 5.99. The smallest absolute Gasteiger partial charge is 0.283 e. The summed E-state index contributed by atoms with van der Waals surface area (Å²) in [6, 6.07) is 0. The molecular weight excluding hydrogens is 212 g/mol. The summed E-state index contributed by atoms with van der Waals surface area (Å²) >= 11 is 0. The van der Waals surface area contributed by atoms with Crippen LogP contribution in [0.3, 0.4) is 0 Å². The van der Waals surface area contributed by atoms with Gasteiger partial charge in [-0.15, -0.1) is 0 Å². The molecule has 0 unspecified atom stereocenters. The van der Waals surface area contributed by atoms with Gasteiger partial charge in [-0.05, 0) is 20.8 Å². The van der Waals surface area contributed by atoms with Crippen molar-refractivity contribution in [2.24, 2.45) is 0 Å². The van der Waals surface area contributed by atoms with Crippen molar-refractivity contribution in [3.05, 3.63) is 11.7 Å². The first-order valence-corrected chi connectivity index (χ1v) is 5.45. The van der Waals surface area contributed by atoms with Crippen LogP contribution in [0, 0.1) is 0 Å². The molecule has 0 aromatic carbocycles. The zero-order valence-corrected chi connectivity index (χ0v) is 9.93. The Morgan fingerprint density at radius 1 is 1.12 bits per heavy atom. The lowest BCUT2D eigenvalue weighted by Crippen LogP contribution is -2.09. The maximum absolute atomic E-state index is 5.33. The molecule has 0 saturated heterocycles. The highest BCUT2D eigenvalue weighted by molar-refractivity contribution is 4.86. The van der Waals surface area contributed by atoms with E-state index in [9.17, 15) is 0 Å². The quantitative estimate of drug-likeness (QED) is 0.633. The Hall–Kier alpha value is -0.980. The Labute approximate surface area is 94.9 Å². The van der Waals surface area contributed by atoms with Crippen molar-refractivity contribution in [1.82, 2.24) is 10.1 Å². The van der Waals surface area contributed by atoms with Gasteiger partial charge in [-0.25, -0.2) is 0 Å². The minimum Gasteiger partial charge on any atom is -0.374 e. The summed E-state index contributed by atoms with van der Waals surface area (Å²) in [4.78, 5) is 4.13. The normalized spacial score (nSPS) is 11.2. The van der Waals surface area contributed by atoms with Crippen LogP contribution in [0.5, 0.6) is 0 Å². The number of nitrogens with zero attached hydrogens (tertiary/aromatic N) is 2. The fourth-order valence-electron chi connectivity index (χ4n) is 1.11. The molecule has 0 aliphatic heterocycles. The Bertz CT molecular complexity index is 284. The lowest BCUT2D eigenvalue weighted by molar-refractivity contribution is -0.155. The van der Waals surface area contributed by atoms with E-state index in [0.717, 1.165) is 0 Å².